The van der Waals surface area contributed by atoms with Crippen LogP contribution in [0.5, 0.6) is 5.75 Å². The molecule has 0 unspecified atom stereocenters. The lowest BCUT2D eigenvalue weighted by molar-refractivity contribution is -0.115. The topological polar surface area (TPSA) is 50.4 Å². The summed E-state index contributed by atoms with van der Waals surface area (Å²) in [7, 11) is 1.63. The van der Waals surface area contributed by atoms with Crippen molar-refractivity contribution in [2.24, 2.45) is 0 Å². The number of carbonyl (C=O) groups excluding carboxylic acids is 1. The van der Waals surface area contributed by atoms with Crippen LogP contribution in [0.15, 0.2) is 48.5 Å². The lowest BCUT2D eigenvalue weighted by Gasteiger charge is -2.08. The van der Waals surface area contributed by atoms with Gasteiger partial charge in [0, 0.05) is 0 Å². The number of benzene rings is 2. The number of hydrogen-bond acceptors (Lipinski definition) is 3. The molecule has 2 N–H and O–H groups in total. The zero-order valence-electron chi connectivity index (χ0n) is 12.4. The number of amides is 1. The lowest BCUT2D eigenvalue weighted by atomic mass is 10.1. The normalized spacial score (nSPS) is 10.3. The molecule has 116 valence electrons. The molecule has 4 nitrogen and oxygen atoms in total. The minimum Gasteiger partial charge on any atom is -0.497 e. The van der Waals surface area contributed by atoms with Gasteiger partial charge in [0.15, 0.2) is 0 Å². The quantitative estimate of drug-likeness (QED) is 0.773. The van der Waals surface area contributed by atoms with Crippen molar-refractivity contribution in [2.75, 3.05) is 25.5 Å². The van der Waals surface area contributed by atoms with Crippen LogP contribution < -0.4 is 15.4 Å². The van der Waals surface area contributed by atoms with Crippen molar-refractivity contribution in [1.29, 1.82) is 0 Å². The maximum absolute atomic E-state index is 13.4. The van der Waals surface area contributed by atoms with Crippen LogP contribution in [0.1, 0.15) is 5.56 Å². The molecule has 0 aromatic heterocycles. The molecule has 2 aromatic carbocycles. The highest BCUT2D eigenvalue weighted by Crippen LogP contribution is 2.12. The predicted molar refractivity (Wildman–Crippen MR) is 84.6 cm³/mol. The number of nitrogens with one attached hydrogen (secondary N) is 2. The van der Waals surface area contributed by atoms with E-state index in [2.05, 4.69) is 10.6 Å². The average Bonchev–Trinajstić information content (AvgIpc) is 2.54. The minimum atomic E-state index is -0.436. The summed E-state index contributed by atoms with van der Waals surface area (Å²) in [6, 6.07) is 13.9. The number of para-hydroxylation sites is 1. The number of halogens is 1. The molecule has 0 aliphatic rings. The molecule has 2 aromatic rings. The zero-order valence-corrected chi connectivity index (χ0v) is 12.4. The first-order chi connectivity index (χ1) is 10.7. The molecular weight excluding hydrogens is 283 g/mol. The molecule has 0 spiro atoms. The Kier molecular flexibility index (Phi) is 5.91. The molecule has 0 atom stereocenters. The van der Waals surface area contributed by atoms with Gasteiger partial charge < -0.3 is 15.4 Å². The molecule has 0 aliphatic carbocycles. The van der Waals surface area contributed by atoms with Gasteiger partial charge in [-0.1, -0.05) is 24.3 Å². The average molecular weight is 302 g/mol. The number of anilines is 1. The van der Waals surface area contributed by atoms with Crippen LogP contribution in [0.2, 0.25) is 0 Å². The molecule has 0 heterocycles. The van der Waals surface area contributed by atoms with Crippen molar-refractivity contribution in [3.05, 3.63) is 59.9 Å². The maximum Gasteiger partial charge on any atom is 0.238 e. The summed E-state index contributed by atoms with van der Waals surface area (Å²) in [5.41, 5.74) is 1.35. The van der Waals surface area contributed by atoms with Crippen molar-refractivity contribution in [3.8, 4) is 5.75 Å². The maximum atomic E-state index is 13.4. The van der Waals surface area contributed by atoms with E-state index in [4.69, 9.17) is 4.74 Å². The van der Waals surface area contributed by atoms with E-state index in [0.717, 1.165) is 17.7 Å². The van der Waals surface area contributed by atoms with Gasteiger partial charge in [-0.2, -0.15) is 0 Å². The Balaban J connectivity index is 1.69. The third-order valence-electron chi connectivity index (χ3n) is 3.18. The molecule has 0 radical (unpaired) electrons. The molecular formula is C17H19FN2O2. The van der Waals surface area contributed by atoms with Crippen LogP contribution in [-0.4, -0.2) is 26.1 Å². The van der Waals surface area contributed by atoms with Gasteiger partial charge in [-0.3, -0.25) is 4.79 Å². The Morgan fingerprint density at radius 2 is 1.86 bits per heavy atom. The van der Waals surface area contributed by atoms with Gasteiger partial charge in [-0.05, 0) is 42.8 Å². The third kappa shape index (κ3) is 4.86. The molecule has 0 bridgehead atoms. The second kappa shape index (κ2) is 8.14. The van der Waals surface area contributed by atoms with E-state index in [-0.39, 0.29) is 18.1 Å². The Labute approximate surface area is 129 Å². The first kappa shape index (κ1) is 16.0. The molecule has 0 saturated carbocycles. The highest BCUT2D eigenvalue weighted by Gasteiger charge is 2.05. The summed E-state index contributed by atoms with van der Waals surface area (Å²) in [5.74, 6) is 0.120. The van der Waals surface area contributed by atoms with Crippen LogP contribution in [0, 0.1) is 5.82 Å². The summed E-state index contributed by atoms with van der Waals surface area (Å²) < 4.78 is 18.5. The Morgan fingerprint density at radius 3 is 2.55 bits per heavy atom. The highest BCUT2D eigenvalue weighted by molar-refractivity contribution is 5.92. The number of ether oxygens (including phenoxy) is 1. The Bertz CT molecular complexity index is 614. The van der Waals surface area contributed by atoms with E-state index >= 15 is 0 Å². The predicted octanol–water partition coefficient (Wildman–Crippen LogP) is 2.61. The van der Waals surface area contributed by atoms with Crippen molar-refractivity contribution < 1.29 is 13.9 Å². The summed E-state index contributed by atoms with van der Waals surface area (Å²) >= 11 is 0. The summed E-state index contributed by atoms with van der Waals surface area (Å²) in [6.07, 6.45) is 0.803. The van der Waals surface area contributed by atoms with Crippen LogP contribution in [0.3, 0.4) is 0 Å². The van der Waals surface area contributed by atoms with E-state index in [0.29, 0.717) is 6.54 Å². The van der Waals surface area contributed by atoms with Gasteiger partial charge in [0.1, 0.15) is 11.6 Å². The fraction of sp³-hybridized carbons (Fsp3) is 0.235. The Morgan fingerprint density at radius 1 is 1.14 bits per heavy atom. The number of methoxy groups -OCH3 is 1. The summed E-state index contributed by atoms with van der Waals surface area (Å²) in [6.45, 7) is 0.807. The summed E-state index contributed by atoms with van der Waals surface area (Å²) in [5, 5.41) is 5.57. The van der Waals surface area contributed by atoms with E-state index in [1.165, 1.54) is 12.1 Å². The van der Waals surface area contributed by atoms with Gasteiger partial charge in [0.2, 0.25) is 5.91 Å². The van der Waals surface area contributed by atoms with E-state index in [1.54, 1.807) is 19.2 Å². The van der Waals surface area contributed by atoms with Gasteiger partial charge in [0.25, 0.3) is 0 Å². The van der Waals surface area contributed by atoms with Gasteiger partial charge >= 0.3 is 0 Å². The number of rotatable bonds is 7. The van der Waals surface area contributed by atoms with E-state index < -0.39 is 5.82 Å². The largest absolute Gasteiger partial charge is 0.497 e. The molecule has 1 amide bonds. The first-order valence-corrected chi connectivity index (χ1v) is 7.07. The molecule has 5 heteroatoms. The van der Waals surface area contributed by atoms with Gasteiger partial charge in [0.05, 0.1) is 19.3 Å². The number of hydrogen-bond donors (Lipinski definition) is 2. The number of carbonyl (C=O) groups is 1. The monoisotopic (exact) mass is 302 g/mol. The lowest BCUT2D eigenvalue weighted by Crippen LogP contribution is -2.29. The van der Waals surface area contributed by atoms with Crippen LogP contribution >= 0.6 is 0 Å². The van der Waals surface area contributed by atoms with E-state index in [9.17, 15) is 9.18 Å². The molecule has 0 aliphatic heterocycles. The highest BCUT2D eigenvalue weighted by atomic mass is 19.1. The van der Waals surface area contributed by atoms with Gasteiger partial charge in [-0.15, -0.1) is 0 Å². The van der Waals surface area contributed by atoms with Crippen molar-refractivity contribution >= 4 is 11.6 Å². The summed E-state index contributed by atoms with van der Waals surface area (Å²) in [4.78, 5) is 11.7. The second-order valence-electron chi connectivity index (χ2n) is 4.80. The van der Waals surface area contributed by atoms with Crippen molar-refractivity contribution in [2.45, 2.75) is 6.42 Å². The molecule has 0 fully saturated rings. The van der Waals surface area contributed by atoms with Crippen LogP contribution in [0.4, 0.5) is 10.1 Å². The Hall–Kier alpha value is -2.40. The van der Waals surface area contributed by atoms with Gasteiger partial charge in [-0.25, -0.2) is 4.39 Å². The standard InChI is InChI=1S/C17H19FN2O2/c1-22-14-8-6-13(7-9-14)10-11-19-12-17(21)20-16-5-3-2-4-15(16)18/h2-9,19H,10-12H2,1H3,(H,20,21). The third-order valence-corrected chi connectivity index (χ3v) is 3.18. The fourth-order valence-corrected chi connectivity index (χ4v) is 1.98. The first-order valence-electron chi connectivity index (χ1n) is 7.07. The fourth-order valence-electron chi connectivity index (χ4n) is 1.98. The van der Waals surface area contributed by atoms with Crippen molar-refractivity contribution in [3.63, 3.8) is 0 Å². The smallest absolute Gasteiger partial charge is 0.238 e. The molecule has 22 heavy (non-hydrogen) atoms. The minimum absolute atomic E-state index is 0.143. The zero-order chi connectivity index (χ0) is 15.8. The SMILES string of the molecule is COc1ccc(CCNCC(=O)Nc2ccccc2F)cc1. The van der Waals surface area contributed by atoms with Crippen LogP contribution in [0.25, 0.3) is 0 Å². The van der Waals surface area contributed by atoms with Crippen LogP contribution in [-0.2, 0) is 11.2 Å². The van der Waals surface area contributed by atoms with E-state index in [1.807, 2.05) is 24.3 Å². The second-order valence-corrected chi connectivity index (χ2v) is 4.80. The molecule has 0 saturated heterocycles. The van der Waals surface area contributed by atoms with Crippen molar-refractivity contribution in [1.82, 2.24) is 5.32 Å². The molecule has 2 rings (SSSR count).